The number of ether oxygens (including phenoxy) is 1. The molecule has 6 nitrogen and oxygen atoms in total. The quantitative estimate of drug-likeness (QED) is 0.688. The van der Waals surface area contributed by atoms with E-state index in [1.807, 2.05) is 13.8 Å². The fraction of sp³-hybridized carbons (Fsp3) is 0.857. The lowest BCUT2D eigenvalue weighted by Crippen LogP contribution is -2.55. The van der Waals surface area contributed by atoms with Crippen LogP contribution in [0.1, 0.15) is 27.2 Å². The number of nitrogens with one attached hydrogen (secondary N) is 2. The first-order valence-electron chi connectivity index (χ1n) is 7.16. The third kappa shape index (κ3) is 2.31. The van der Waals surface area contributed by atoms with Crippen LogP contribution in [0.2, 0.25) is 0 Å². The van der Waals surface area contributed by atoms with E-state index in [1.165, 1.54) is 0 Å². The summed E-state index contributed by atoms with van der Waals surface area (Å²) in [6.07, 6.45) is 0.786. The van der Waals surface area contributed by atoms with Crippen molar-refractivity contribution >= 4 is 11.9 Å². The first kappa shape index (κ1) is 15.3. The van der Waals surface area contributed by atoms with Crippen LogP contribution in [0.15, 0.2) is 0 Å². The van der Waals surface area contributed by atoms with Crippen LogP contribution in [0.3, 0.4) is 0 Å². The maximum absolute atomic E-state index is 12.7. The lowest BCUT2D eigenvalue weighted by atomic mass is 9.74. The molecule has 0 saturated carbocycles. The topological polar surface area (TPSA) is 87.7 Å². The minimum atomic E-state index is -1.04. The third-order valence-electron chi connectivity index (χ3n) is 5.00. The van der Waals surface area contributed by atoms with Crippen molar-refractivity contribution in [3.05, 3.63) is 0 Å². The number of carboxylic acids is 1. The van der Waals surface area contributed by atoms with Gasteiger partial charge in [-0.2, -0.15) is 0 Å². The molecule has 3 unspecified atom stereocenters. The molecule has 114 valence electrons. The lowest BCUT2D eigenvalue weighted by molar-refractivity contribution is -0.149. The van der Waals surface area contributed by atoms with Crippen LogP contribution < -0.4 is 10.6 Å². The summed E-state index contributed by atoms with van der Waals surface area (Å²) in [5.41, 5.74) is -1.48. The number of aliphatic carboxylic acids is 1. The fourth-order valence-corrected chi connectivity index (χ4v) is 3.05. The molecule has 2 saturated heterocycles. The van der Waals surface area contributed by atoms with E-state index in [4.69, 9.17) is 4.74 Å². The molecule has 2 aliphatic heterocycles. The van der Waals surface area contributed by atoms with Gasteiger partial charge >= 0.3 is 5.97 Å². The zero-order chi connectivity index (χ0) is 15.0. The monoisotopic (exact) mass is 284 g/mol. The number of amides is 1. The van der Waals surface area contributed by atoms with Gasteiger partial charge in [0.15, 0.2) is 0 Å². The Hall–Kier alpha value is -1.14. The van der Waals surface area contributed by atoms with Crippen LogP contribution in [0.25, 0.3) is 0 Å². The molecule has 2 fully saturated rings. The Kier molecular flexibility index (Phi) is 4.07. The molecule has 20 heavy (non-hydrogen) atoms. The highest BCUT2D eigenvalue weighted by Crippen LogP contribution is 2.36. The van der Waals surface area contributed by atoms with Gasteiger partial charge in [0.2, 0.25) is 5.91 Å². The molecule has 2 aliphatic rings. The molecule has 2 heterocycles. The Morgan fingerprint density at radius 3 is 2.65 bits per heavy atom. The third-order valence-corrected chi connectivity index (χ3v) is 5.00. The van der Waals surface area contributed by atoms with Crippen LogP contribution in [-0.2, 0) is 14.3 Å². The van der Waals surface area contributed by atoms with E-state index < -0.39 is 22.8 Å². The molecule has 6 heteroatoms. The maximum Gasteiger partial charge on any atom is 0.313 e. The Bertz CT molecular complexity index is 404. The first-order chi connectivity index (χ1) is 9.33. The average Bonchev–Trinajstić information content (AvgIpc) is 2.98. The van der Waals surface area contributed by atoms with Crippen molar-refractivity contribution in [2.24, 2.45) is 16.7 Å². The minimum Gasteiger partial charge on any atom is -0.481 e. The molecule has 0 aromatic heterocycles. The summed E-state index contributed by atoms with van der Waals surface area (Å²) in [5.74, 6) is -0.778. The summed E-state index contributed by atoms with van der Waals surface area (Å²) in [6.45, 7) is 7.57. The number of rotatable bonds is 4. The summed E-state index contributed by atoms with van der Waals surface area (Å²) in [5, 5.41) is 15.5. The SMILES string of the molecule is CC(C)C1(C(=O)NC2COCC2(C)C(=O)O)CCNC1. The van der Waals surface area contributed by atoms with Gasteiger partial charge in [-0.05, 0) is 25.8 Å². The average molecular weight is 284 g/mol. The van der Waals surface area contributed by atoms with E-state index in [1.54, 1.807) is 6.92 Å². The van der Waals surface area contributed by atoms with Crippen molar-refractivity contribution in [1.29, 1.82) is 0 Å². The van der Waals surface area contributed by atoms with E-state index >= 15 is 0 Å². The van der Waals surface area contributed by atoms with E-state index in [9.17, 15) is 14.7 Å². The van der Waals surface area contributed by atoms with Crippen molar-refractivity contribution in [1.82, 2.24) is 10.6 Å². The summed E-state index contributed by atoms with van der Waals surface area (Å²) < 4.78 is 5.28. The Morgan fingerprint density at radius 2 is 2.15 bits per heavy atom. The Balaban J connectivity index is 2.13. The number of carbonyl (C=O) groups is 2. The summed E-state index contributed by atoms with van der Waals surface area (Å²) in [7, 11) is 0. The number of carboxylic acid groups (broad SMARTS) is 1. The molecule has 0 spiro atoms. The van der Waals surface area contributed by atoms with Gasteiger partial charge in [-0.3, -0.25) is 9.59 Å². The van der Waals surface area contributed by atoms with Crippen molar-refractivity contribution in [3.63, 3.8) is 0 Å². The zero-order valence-electron chi connectivity index (χ0n) is 12.4. The van der Waals surface area contributed by atoms with Gasteiger partial charge in [-0.1, -0.05) is 13.8 Å². The number of hydrogen-bond donors (Lipinski definition) is 3. The van der Waals surface area contributed by atoms with E-state index in [0.717, 1.165) is 13.0 Å². The van der Waals surface area contributed by atoms with Crippen LogP contribution in [0.5, 0.6) is 0 Å². The van der Waals surface area contributed by atoms with Gasteiger partial charge < -0.3 is 20.5 Å². The second kappa shape index (κ2) is 5.33. The first-order valence-corrected chi connectivity index (χ1v) is 7.16. The molecule has 0 aliphatic carbocycles. The molecule has 3 atom stereocenters. The van der Waals surface area contributed by atoms with Gasteiger partial charge in [0.25, 0.3) is 0 Å². The van der Waals surface area contributed by atoms with Crippen molar-refractivity contribution in [2.45, 2.75) is 33.2 Å². The summed E-state index contributed by atoms with van der Waals surface area (Å²) >= 11 is 0. The van der Waals surface area contributed by atoms with Crippen molar-refractivity contribution in [2.75, 3.05) is 26.3 Å². The molecule has 0 aromatic rings. The van der Waals surface area contributed by atoms with Crippen molar-refractivity contribution < 1.29 is 19.4 Å². The van der Waals surface area contributed by atoms with Gasteiger partial charge in [-0.25, -0.2) is 0 Å². The van der Waals surface area contributed by atoms with Crippen LogP contribution in [0.4, 0.5) is 0 Å². The van der Waals surface area contributed by atoms with E-state index in [-0.39, 0.29) is 25.0 Å². The highest BCUT2D eigenvalue weighted by atomic mass is 16.5. The van der Waals surface area contributed by atoms with Gasteiger partial charge in [0.05, 0.1) is 24.7 Å². The van der Waals surface area contributed by atoms with Crippen molar-refractivity contribution in [3.8, 4) is 0 Å². The smallest absolute Gasteiger partial charge is 0.313 e. The normalized spacial score (nSPS) is 37.3. The maximum atomic E-state index is 12.7. The van der Waals surface area contributed by atoms with Gasteiger partial charge in [-0.15, -0.1) is 0 Å². The number of carbonyl (C=O) groups excluding carboxylic acids is 1. The lowest BCUT2D eigenvalue weighted by Gasteiger charge is -2.34. The van der Waals surface area contributed by atoms with Crippen LogP contribution >= 0.6 is 0 Å². The van der Waals surface area contributed by atoms with E-state index in [2.05, 4.69) is 10.6 Å². The Morgan fingerprint density at radius 1 is 1.45 bits per heavy atom. The zero-order valence-corrected chi connectivity index (χ0v) is 12.4. The fourth-order valence-electron chi connectivity index (χ4n) is 3.05. The molecule has 0 radical (unpaired) electrons. The summed E-state index contributed by atoms with van der Waals surface area (Å²) in [4.78, 5) is 24.1. The second-order valence-corrected chi connectivity index (χ2v) is 6.50. The molecule has 3 N–H and O–H groups in total. The molecular formula is C14H24N2O4. The predicted molar refractivity (Wildman–Crippen MR) is 73.3 cm³/mol. The molecule has 1 amide bonds. The largest absolute Gasteiger partial charge is 0.481 e. The molecular weight excluding hydrogens is 260 g/mol. The van der Waals surface area contributed by atoms with Gasteiger partial charge in [0, 0.05) is 6.54 Å². The molecule has 0 aromatic carbocycles. The molecule has 2 rings (SSSR count). The van der Waals surface area contributed by atoms with Gasteiger partial charge in [0.1, 0.15) is 5.41 Å². The highest BCUT2D eigenvalue weighted by Gasteiger charge is 2.50. The molecule has 0 bridgehead atoms. The second-order valence-electron chi connectivity index (χ2n) is 6.50. The minimum absolute atomic E-state index is 0.0551. The van der Waals surface area contributed by atoms with Crippen LogP contribution in [0, 0.1) is 16.7 Å². The Labute approximate surface area is 119 Å². The summed E-state index contributed by atoms with van der Waals surface area (Å²) in [6, 6.07) is -0.469. The predicted octanol–water partition coefficient (Wildman–Crippen LogP) is 0.228. The number of hydrogen-bond acceptors (Lipinski definition) is 4. The van der Waals surface area contributed by atoms with E-state index in [0.29, 0.717) is 6.54 Å². The van der Waals surface area contributed by atoms with Crippen LogP contribution in [-0.4, -0.2) is 49.3 Å². The standard InChI is InChI=1S/C14H24N2O4/c1-9(2)14(4-5-15-7-14)11(17)16-10-6-20-8-13(10,3)12(18)19/h9-10,15H,4-8H2,1-3H3,(H,16,17)(H,18,19). The highest BCUT2D eigenvalue weighted by molar-refractivity contribution is 5.85.